The van der Waals surface area contributed by atoms with Crippen molar-refractivity contribution in [1.82, 2.24) is 10.2 Å². The van der Waals surface area contributed by atoms with Crippen LogP contribution >= 0.6 is 45.2 Å². The number of likely N-dealkylation sites (tertiary alicyclic amines) is 1. The van der Waals surface area contributed by atoms with E-state index in [9.17, 15) is 4.79 Å². The molecule has 1 amide bonds. The lowest BCUT2D eigenvalue weighted by Crippen LogP contribution is -2.35. The molecular formula is C22H26I2N2O2. The first-order chi connectivity index (χ1) is 13.6. The third-order valence-corrected chi connectivity index (χ3v) is 8.10. The molecule has 0 saturated carbocycles. The van der Waals surface area contributed by atoms with Crippen molar-refractivity contribution >= 4 is 51.1 Å². The molecule has 1 heterocycles. The fourth-order valence-electron chi connectivity index (χ4n) is 3.63. The predicted octanol–water partition coefficient (Wildman–Crippen LogP) is 4.94. The second-order valence-corrected chi connectivity index (χ2v) is 9.54. The second-order valence-electron chi connectivity index (χ2n) is 7.22. The van der Waals surface area contributed by atoms with E-state index in [1.54, 1.807) is 7.11 Å². The number of carbonyl (C=O) groups is 1. The molecule has 2 aromatic rings. The summed E-state index contributed by atoms with van der Waals surface area (Å²) in [6.45, 7) is 4.02. The van der Waals surface area contributed by atoms with Crippen molar-refractivity contribution in [3.8, 4) is 5.75 Å². The minimum Gasteiger partial charge on any atom is -0.496 e. The molecular weight excluding hydrogens is 578 g/mol. The van der Waals surface area contributed by atoms with E-state index < -0.39 is 0 Å². The van der Waals surface area contributed by atoms with Gasteiger partial charge in [0.25, 0.3) is 5.91 Å². The topological polar surface area (TPSA) is 41.6 Å². The normalized spacial score (nSPS) is 15.4. The highest BCUT2D eigenvalue weighted by atomic mass is 127. The maximum atomic E-state index is 12.6. The minimum atomic E-state index is -0.0484. The highest BCUT2D eigenvalue weighted by Gasteiger charge is 2.20. The lowest BCUT2D eigenvalue weighted by atomic mass is 9.93. The monoisotopic (exact) mass is 604 g/mol. The van der Waals surface area contributed by atoms with Gasteiger partial charge >= 0.3 is 0 Å². The van der Waals surface area contributed by atoms with Gasteiger partial charge in [-0.3, -0.25) is 9.69 Å². The van der Waals surface area contributed by atoms with Crippen molar-refractivity contribution < 1.29 is 9.53 Å². The van der Waals surface area contributed by atoms with Crippen LogP contribution in [0.4, 0.5) is 0 Å². The summed E-state index contributed by atoms with van der Waals surface area (Å²) in [5.41, 5.74) is 2.00. The van der Waals surface area contributed by atoms with E-state index >= 15 is 0 Å². The molecule has 0 unspecified atom stereocenters. The first-order valence-electron chi connectivity index (χ1n) is 9.64. The van der Waals surface area contributed by atoms with Crippen molar-refractivity contribution in [1.29, 1.82) is 0 Å². The minimum absolute atomic E-state index is 0.0484. The van der Waals surface area contributed by atoms with Crippen molar-refractivity contribution in [2.45, 2.75) is 25.8 Å². The zero-order valence-electron chi connectivity index (χ0n) is 16.1. The van der Waals surface area contributed by atoms with Crippen LogP contribution in [0.1, 0.15) is 35.2 Å². The van der Waals surface area contributed by atoms with Crippen LogP contribution in [0, 0.1) is 13.1 Å². The predicted molar refractivity (Wildman–Crippen MR) is 130 cm³/mol. The molecule has 28 heavy (non-hydrogen) atoms. The van der Waals surface area contributed by atoms with Gasteiger partial charge in [-0.05, 0) is 101 Å². The van der Waals surface area contributed by atoms with E-state index in [4.69, 9.17) is 4.74 Å². The van der Waals surface area contributed by atoms with Crippen LogP contribution in [0.15, 0.2) is 42.5 Å². The van der Waals surface area contributed by atoms with E-state index in [1.165, 1.54) is 18.4 Å². The van der Waals surface area contributed by atoms with Crippen LogP contribution in [-0.4, -0.2) is 37.6 Å². The van der Waals surface area contributed by atoms with Gasteiger partial charge in [0.2, 0.25) is 0 Å². The zero-order valence-corrected chi connectivity index (χ0v) is 20.4. The summed E-state index contributed by atoms with van der Waals surface area (Å²) in [4.78, 5) is 15.1. The van der Waals surface area contributed by atoms with E-state index in [2.05, 4.69) is 85.7 Å². The summed E-state index contributed by atoms with van der Waals surface area (Å²) in [7, 11) is 1.61. The van der Waals surface area contributed by atoms with Gasteiger partial charge in [-0.2, -0.15) is 0 Å². The fourth-order valence-corrected chi connectivity index (χ4v) is 4.54. The molecule has 1 saturated heterocycles. The fraction of sp³-hybridized carbons (Fsp3) is 0.409. The van der Waals surface area contributed by atoms with Gasteiger partial charge < -0.3 is 10.1 Å². The summed E-state index contributed by atoms with van der Waals surface area (Å²) in [5.74, 6) is 1.27. The molecule has 0 bridgehead atoms. The first-order valence-corrected chi connectivity index (χ1v) is 11.8. The van der Waals surface area contributed by atoms with Crippen molar-refractivity contribution in [3.05, 3.63) is 60.7 Å². The van der Waals surface area contributed by atoms with Crippen LogP contribution in [0.3, 0.4) is 0 Å². The number of methoxy groups -OCH3 is 1. The van der Waals surface area contributed by atoms with E-state index in [0.717, 1.165) is 33.2 Å². The molecule has 1 N–H and O–H groups in total. The molecule has 0 spiro atoms. The standard InChI is InChI=1S/C22H26I2N2O2/c1-28-21-14-20(24)19(23)13-18(21)22(27)25-10-7-16-8-11-26(12-9-16)15-17-5-3-2-4-6-17/h2-6,13-14,16H,7-12,15H2,1H3,(H,25,27). The molecule has 2 aromatic carbocycles. The summed E-state index contributed by atoms with van der Waals surface area (Å²) < 4.78 is 7.54. The Kier molecular flexibility index (Phi) is 8.40. The number of carbonyl (C=O) groups excluding carboxylic acids is 1. The van der Waals surface area contributed by atoms with Gasteiger partial charge in [-0.1, -0.05) is 30.3 Å². The summed E-state index contributed by atoms with van der Waals surface area (Å²) >= 11 is 4.51. The lowest BCUT2D eigenvalue weighted by molar-refractivity contribution is 0.0944. The number of amides is 1. The molecule has 150 valence electrons. The summed E-state index contributed by atoms with van der Waals surface area (Å²) in [5, 5.41) is 3.08. The van der Waals surface area contributed by atoms with Gasteiger partial charge in [0.05, 0.1) is 12.7 Å². The van der Waals surface area contributed by atoms with E-state index in [-0.39, 0.29) is 5.91 Å². The highest BCUT2D eigenvalue weighted by Crippen LogP contribution is 2.26. The molecule has 0 aromatic heterocycles. The summed E-state index contributed by atoms with van der Waals surface area (Å²) in [6.07, 6.45) is 3.44. The Balaban J connectivity index is 1.42. The molecule has 1 aliphatic heterocycles. The number of rotatable bonds is 7. The molecule has 1 aliphatic rings. The number of hydrogen-bond acceptors (Lipinski definition) is 3. The molecule has 4 nitrogen and oxygen atoms in total. The Morgan fingerprint density at radius 1 is 1.14 bits per heavy atom. The van der Waals surface area contributed by atoms with E-state index in [0.29, 0.717) is 23.8 Å². The molecule has 0 radical (unpaired) electrons. The average molecular weight is 604 g/mol. The maximum Gasteiger partial charge on any atom is 0.255 e. The number of piperidine rings is 1. The van der Waals surface area contributed by atoms with Crippen molar-refractivity contribution in [2.75, 3.05) is 26.7 Å². The van der Waals surface area contributed by atoms with E-state index in [1.807, 2.05) is 12.1 Å². The van der Waals surface area contributed by atoms with Gasteiger partial charge in [0, 0.05) is 20.2 Å². The lowest BCUT2D eigenvalue weighted by Gasteiger charge is -2.32. The second kappa shape index (κ2) is 10.8. The number of nitrogens with zero attached hydrogens (tertiary/aromatic N) is 1. The first kappa shape index (κ1) is 21.8. The third-order valence-electron chi connectivity index (χ3n) is 5.28. The average Bonchev–Trinajstić information content (AvgIpc) is 2.71. The van der Waals surface area contributed by atoms with Crippen LogP contribution in [0.25, 0.3) is 0 Å². The van der Waals surface area contributed by atoms with Crippen molar-refractivity contribution in [2.24, 2.45) is 5.92 Å². The number of ether oxygens (including phenoxy) is 1. The largest absolute Gasteiger partial charge is 0.496 e. The smallest absolute Gasteiger partial charge is 0.255 e. The Bertz CT molecular complexity index is 791. The third kappa shape index (κ3) is 6.06. The van der Waals surface area contributed by atoms with Crippen LogP contribution in [0.2, 0.25) is 0 Å². The highest BCUT2D eigenvalue weighted by molar-refractivity contribution is 14.1. The van der Waals surface area contributed by atoms with Crippen molar-refractivity contribution in [3.63, 3.8) is 0 Å². The van der Waals surface area contributed by atoms with Gasteiger partial charge in [-0.25, -0.2) is 0 Å². The number of halogens is 2. The number of nitrogens with one attached hydrogen (secondary N) is 1. The van der Waals surface area contributed by atoms with Crippen LogP contribution in [-0.2, 0) is 6.54 Å². The van der Waals surface area contributed by atoms with Gasteiger partial charge in [0.15, 0.2) is 0 Å². The Morgan fingerprint density at radius 3 is 2.50 bits per heavy atom. The molecule has 1 fully saturated rings. The Hall–Kier alpha value is -0.870. The quantitative estimate of drug-likeness (QED) is 0.456. The van der Waals surface area contributed by atoms with Crippen LogP contribution < -0.4 is 10.1 Å². The molecule has 0 aliphatic carbocycles. The molecule has 3 rings (SSSR count). The number of benzene rings is 2. The zero-order chi connectivity index (χ0) is 19.9. The Morgan fingerprint density at radius 2 is 1.82 bits per heavy atom. The van der Waals surface area contributed by atoms with Gasteiger partial charge in [0.1, 0.15) is 5.75 Å². The van der Waals surface area contributed by atoms with Gasteiger partial charge in [-0.15, -0.1) is 0 Å². The summed E-state index contributed by atoms with van der Waals surface area (Å²) in [6, 6.07) is 14.5. The molecule has 0 atom stereocenters. The van der Waals surface area contributed by atoms with Crippen LogP contribution in [0.5, 0.6) is 5.75 Å². The molecule has 6 heteroatoms. The maximum absolute atomic E-state index is 12.6. The SMILES string of the molecule is COc1cc(I)c(I)cc1C(=O)NCCC1CCN(Cc2ccccc2)CC1. The number of hydrogen-bond donors (Lipinski definition) is 1. The Labute approximate surface area is 194 Å².